The Morgan fingerprint density at radius 3 is 2.76 bits per heavy atom. The minimum atomic E-state index is -0.486. The van der Waals surface area contributed by atoms with Gasteiger partial charge in [0.05, 0.1) is 21.8 Å². The van der Waals surface area contributed by atoms with E-state index in [1.807, 2.05) is 0 Å². The third-order valence-corrected chi connectivity index (χ3v) is 2.50. The molecular weight excluding hydrogens is 265 g/mol. The summed E-state index contributed by atoms with van der Waals surface area (Å²) in [6.07, 6.45) is 1.35. The maximum atomic E-state index is 10.7. The molecule has 17 heavy (non-hydrogen) atoms. The Labute approximate surface area is 106 Å². The Morgan fingerprint density at radius 2 is 2.06 bits per heavy atom. The van der Waals surface area contributed by atoms with E-state index in [1.54, 1.807) is 12.1 Å². The number of nitrogens with zero attached hydrogens (tertiary/aromatic N) is 3. The molecule has 0 fully saturated rings. The molecule has 86 valence electrons. The maximum absolute atomic E-state index is 10.7. The van der Waals surface area contributed by atoms with Crippen molar-refractivity contribution < 1.29 is 4.92 Å². The molecule has 1 aromatic carbocycles. The van der Waals surface area contributed by atoms with Crippen LogP contribution < -0.4 is 0 Å². The smallest absolute Gasteiger partial charge is 0.258 e. The number of nitro benzene ring substituents is 1. The summed E-state index contributed by atoms with van der Waals surface area (Å²) < 4.78 is 0. The lowest BCUT2D eigenvalue weighted by molar-refractivity contribution is -0.384. The fourth-order valence-electron chi connectivity index (χ4n) is 1.31. The second kappa shape index (κ2) is 4.65. The van der Waals surface area contributed by atoms with Gasteiger partial charge in [-0.2, -0.15) is 0 Å². The molecule has 2 rings (SSSR count). The van der Waals surface area contributed by atoms with Gasteiger partial charge < -0.3 is 0 Å². The van der Waals surface area contributed by atoms with E-state index in [0.29, 0.717) is 11.3 Å². The average Bonchev–Trinajstić information content (AvgIpc) is 2.32. The molecule has 0 radical (unpaired) electrons. The van der Waals surface area contributed by atoms with Crippen LogP contribution in [-0.2, 0) is 0 Å². The van der Waals surface area contributed by atoms with Crippen LogP contribution in [0.5, 0.6) is 0 Å². The zero-order valence-electron chi connectivity index (χ0n) is 8.30. The summed E-state index contributed by atoms with van der Waals surface area (Å²) in [6.45, 7) is 0. The van der Waals surface area contributed by atoms with E-state index in [-0.39, 0.29) is 16.0 Å². The topological polar surface area (TPSA) is 68.9 Å². The van der Waals surface area contributed by atoms with Crippen LogP contribution in [-0.4, -0.2) is 14.9 Å². The number of hydrogen-bond acceptors (Lipinski definition) is 4. The molecule has 0 N–H and O–H groups in total. The molecular formula is C10H5Cl2N3O2. The first-order chi connectivity index (χ1) is 8.08. The van der Waals surface area contributed by atoms with Crippen molar-refractivity contribution in [3.8, 4) is 11.3 Å². The Kier molecular flexibility index (Phi) is 3.21. The molecule has 0 atom stereocenters. The highest BCUT2D eigenvalue weighted by Crippen LogP contribution is 2.28. The van der Waals surface area contributed by atoms with Gasteiger partial charge in [0, 0.05) is 17.7 Å². The molecule has 0 bridgehead atoms. The van der Waals surface area contributed by atoms with Gasteiger partial charge in [0.1, 0.15) is 0 Å². The second-order valence-corrected chi connectivity index (χ2v) is 3.89. The summed E-state index contributed by atoms with van der Waals surface area (Å²) >= 11 is 11.6. The molecule has 0 spiro atoms. The molecule has 5 nitrogen and oxygen atoms in total. The van der Waals surface area contributed by atoms with E-state index in [9.17, 15) is 10.1 Å². The molecule has 0 aliphatic rings. The highest BCUT2D eigenvalue weighted by Gasteiger charge is 2.11. The van der Waals surface area contributed by atoms with Crippen molar-refractivity contribution in [3.63, 3.8) is 0 Å². The first-order valence-corrected chi connectivity index (χ1v) is 5.26. The van der Waals surface area contributed by atoms with Crippen molar-refractivity contribution in [2.45, 2.75) is 0 Å². The summed E-state index contributed by atoms with van der Waals surface area (Å²) in [5, 5.41) is 11.0. The number of benzene rings is 1. The number of halogens is 2. The van der Waals surface area contributed by atoms with E-state index in [4.69, 9.17) is 23.2 Å². The molecule has 0 amide bonds. The minimum Gasteiger partial charge on any atom is -0.258 e. The SMILES string of the molecule is O=[N+]([O-])c1cccc(-c2nc(Cl)ncc2Cl)c1. The lowest BCUT2D eigenvalue weighted by atomic mass is 10.1. The van der Waals surface area contributed by atoms with Gasteiger partial charge in [0.2, 0.25) is 5.28 Å². The molecule has 7 heteroatoms. The van der Waals surface area contributed by atoms with Crippen LogP contribution in [0.1, 0.15) is 0 Å². The Hall–Kier alpha value is -1.72. The first kappa shape index (κ1) is 11.8. The fourth-order valence-corrected chi connectivity index (χ4v) is 1.65. The molecule has 0 unspecified atom stereocenters. The molecule has 0 aliphatic heterocycles. The van der Waals surface area contributed by atoms with E-state index in [2.05, 4.69) is 9.97 Å². The van der Waals surface area contributed by atoms with Crippen LogP contribution in [0.2, 0.25) is 10.3 Å². The third kappa shape index (κ3) is 2.51. The number of rotatable bonds is 2. The first-order valence-electron chi connectivity index (χ1n) is 4.51. The second-order valence-electron chi connectivity index (χ2n) is 3.14. The monoisotopic (exact) mass is 269 g/mol. The number of hydrogen-bond donors (Lipinski definition) is 0. The Balaban J connectivity index is 2.56. The van der Waals surface area contributed by atoms with Crippen LogP contribution in [0.15, 0.2) is 30.5 Å². The van der Waals surface area contributed by atoms with Gasteiger partial charge in [-0.25, -0.2) is 9.97 Å². The van der Waals surface area contributed by atoms with Crippen LogP contribution in [0, 0.1) is 10.1 Å². The summed E-state index contributed by atoms with van der Waals surface area (Å²) in [4.78, 5) is 17.8. The lowest BCUT2D eigenvalue weighted by Gasteiger charge is -2.03. The fraction of sp³-hybridized carbons (Fsp3) is 0. The largest absolute Gasteiger partial charge is 0.270 e. The zero-order chi connectivity index (χ0) is 12.4. The molecule has 0 saturated carbocycles. The highest BCUT2D eigenvalue weighted by molar-refractivity contribution is 6.33. The van der Waals surface area contributed by atoms with Gasteiger partial charge in [-0.05, 0) is 11.6 Å². The van der Waals surface area contributed by atoms with Crippen LogP contribution in [0.4, 0.5) is 5.69 Å². The predicted molar refractivity (Wildman–Crippen MR) is 64.1 cm³/mol. The number of nitro groups is 1. The minimum absolute atomic E-state index is 0.0340. The van der Waals surface area contributed by atoms with Crippen molar-refractivity contribution in [2.24, 2.45) is 0 Å². The molecule has 1 heterocycles. The van der Waals surface area contributed by atoms with Gasteiger partial charge in [-0.15, -0.1) is 0 Å². The van der Waals surface area contributed by atoms with Crippen molar-refractivity contribution in [1.82, 2.24) is 9.97 Å². The van der Waals surface area contributed by atoms with Crippen LogP contribution in [0.25, 0.3) is 11.3 Å². The molecule has 0 saturated heterocycles. The lowest BCUT2D eigenvalue weighted by Crippen LogP contribution is -1.91. The summed E-state index contributed by atoms with van der Waals surface area (Å²) in [6, 6.07) is 5.99. The van der Waals surface area contributed by atoms with Gasteiger partial charge >= 0.3 is 0 Å². The van der Waals surface area contributed by atoms with Crippen molar-refractivity contribution in [2.75, 3.05) is 0 Å². The Bertz CT molecular complexity index is 590. The quantitative estimate of drug-likeness (QED) is 0.476. The zero-order valence-corrected chi connectivity index (χ0v) is 9.81. The number of aromatic nitrogens is 2. The molecule has 0 aliphatic carbocycles. The molecule has 2 aromatic rings. The van der Waals surface area contributed by atoms with Crippen LogP contribution in [0.3, 0.4) is 0 Å². The highest BCUT2D eigenvalue weighted by atomic mass is 35.5. The van der Waals surface area contributed by atoms with Gasteiger partial charge in [-0.1, -0.05) is 23.7 Å². The van der Waals surface area contributed by atoms with Crippen molar-refractivity contribution in [3.05, 3.63) is 50.9 Å². The summed E-state index contributed by atoms with van der Waals surface area (Å²) in [7, 11) is 0. The van der Waals surface area contributed by atoms with E-state index >= 15 is 0 Å². The van der Waals surface area contributed by atoms with Gasteiger partial charge in [-0.3, -0.25) is 10.1 Å². The maximum Gasteiger partial charge on any atom is 0.270 e. The van der Waals surface area contributed by atoms with Gasteiger partial charge in [0.15, 0.2) is 0 Å². The summed E-state index contributed by atoms with van der Waals surface area (Å²) in [5.74, 6) is 0. The van der Waals surface area contributed by atoms with E-state index in [0.717, 1.165) is 0 Å². The van der Waals surface area contributed by atoms with Crippen molar-refractivity contribution >= 4 is 28.9 Å². The van der Waals surface area contributed by atoms with E-state index in [1.165, 1.54) is 18.3 Å². The number of non-ortho nitro benzene ring substituents is 1. The normalized spacial score (nSPS) is 10.2. The van der Waals surface area contributed by atoms with Gasteiger partial charge in [0.25, 0.3) is 5.69 Å². The van der Waals surface area contributed by atoms with Crippen LogP contribution >= 0.6 is 23.2 Å². The average molecular weight is 270 g/mol. The summed E-state index contributed by atoms with van der Waals surface area (Å²) in [5.41, 5.74) is 0.858. The van der Waals surface area contributed by atoms with Crippen molar-refractivity contribution in [1.29, 1.82) is 0 Å². The predicted octanol–water partition coefficient (Wildman–Crippen LogP) is 3.36. The molecule has 1 aromatic heterocycles. The van der Waals surface area contributed by atoms with E-state index < -0.39 is 4.92 Å². The third-order valence-electron chi connectivity index (χ3n) is 2.05. The standard InChI is InChI=1S/C10H5Cl2N3O2/c11-8-5-13-10(12)14-9(8)6-2-1-3-7(4-6)15(16)17/h1-5H. The Morgan fingerprint density at radius 1 is 1.29 bits per heavy atom.